The SMILES string of the molecule is NNc1nnc(CN2CCn3cnnc3C2)s1. The highest BCUT2D eigenvalue weighted by Crippen LogP contribution is 2.18. The number of hydrazine groups is 1. The van der Waals surface area contributed by atoms with Crippen molar-refractivity contribution >= 4 is 16.5 Å². The number of rotatable bonds is 3. The van der Waals surface area contributed by atoms with E-state index in [0.29, 0.717) is 5.13 Å². The molecule has 0 saturated heterocycles. The van der Waals surface area contributed by atoms with Gasteiger partial charge >= 0.3 is 0 Å². The van der Waals surface area contributed by atoms with Gasteiger partial charge in [0.1, 0.15) is 17.2 Å². The summed E-state index contributed by atoms with van der Waals surface area (Å²) in [5.41, 5.74) is 2.50. The minimum atomic E-state index is 0.639. The summed E-state index contributed by atoms with van der Waals surface area (Å²) in [5.74, 6) is 6.27. The molecule has 0 amide bonds. The minimum Gasteiger partial charge on any atom is -0.315 e. The fourth-order valence-electron chi connectivity index (χ4n) is 1.82. The van der Waals surface area contributed by atoms with Gasteiger partial charge in [0, 0.05) is 13.1 Å². The lowest BCUT2D eigenvalue weighted by atomic mass is 10.3. The number of hydrogen-bond acceptors (Lipinski definition) is 8. The van der Waals surface area contributed by atoms with E-state index in [0.717, 1.165) is 37.0 Å². The van der Waals surface area contributed by atoms with Crippen LogP contribution in [0, 0.1) is 0 Å². The van der Waals surface area contributed by atoms with Crippen LogP contribution in [0.3, 0.4) is 0 Å². The molecule has 17 heavy (non-hydrogen) atoms. The van der Waals surface area contributed by atoms with E-state index < -0.39 is 0 Å². The second kappa shape index (κ2) is 4.35. The molecule has 3 N–H and O–H groups in total. The van der Waals surface area contributed by atoms with Crippen LogP contribution in [0.4, 0.5) is 5.13 Å². The predicted molar refractivity (Wildman–Crippen MR) is 61.9 cm³/mol. The Labute approximate surface area is 101 Å². The fourth-order valence-corrected chi connectivity index (χ4v) is 2.51. The molecule has 2 aromatic rings. The molecule has 90 valence electrons. The fraction of sp³-hybridized carbons (Fsp3) is 0.500. The predicted octanol–water partition coefficient (Wildman–Crippen LogP) is -0.569. The van der Waals surface area contributed by atoms with Gasteiger partial charge in [-0.15, -0.1) is 20.4 Å². The van der Waals surface area contributed by atoms with Crippen LogP contribution in [0.5, 0.6) is 0 Å². The Balaban J connectivity index is 1.67. The second-order valence-corrected chi connectivity index (χ2v) is 4.86. The Hall–Kier alpha value is -1.58. The number of hydrogen-bond donors (Lipinski definition) is 2. The first-order valence-corrected chi connectivity index (χ1v) is 6.05. The van der Waals surface area contributed by atoms with E-state index in [4.69, 9.17) is 5.84 Å². The van der Waals surface area contributed by atoms with Crippen molar-refractivity contribution in [2.24, 2.45) is 5.84 Å². The summed E-state index contributed by atoms with van der Waals surface area (Å²) < 4.78 is 2.07. The molecule has 3 heterocycles. The zero-order valence-corrected chi connectivity index (χ0v) is 9.89. The molecule has 1 aliphatic heterocycles. The molecule has 9 heteroatoms. The third-order valence-electron chi connectivity index (χ3n) is 2.67. The maximum Gasteiger partial charge on any atom is 0.219 e. The maximum atomic E-state index is 5.27. The second-order valence-electron chi connectivity index (χ2n) is 3.80. The molecule has 3 rings (SSSR count). The summed E-state index contributed by atoms with van der Waals surface area (Å²) in [6.45, 7) is 3.45. The highest BCUT2D eigenvalue weighted by molar-refractivity contribution is 7.15. The van der Waals surface area contributed by atoms with E-state index in [-0.39, 0.29) is 0 Å². The average molecular weight is 252 g/mol. The quantitative estimate of drug-likeness (QED) is 0.557. The van der Waals surface area contributed by atoms with Gasteiger partial charge in [0.15, 0.2) is 0 Å². The minimum absolute atomic E-state index is 0.639. The number of nitrogens with zero attached hydrogens (tertiary/aromatic N) is 6. The highest BCUT2D eigenvalue weighted by Gasteiger charge is 2.18. The summed E-state index contributed by atoms with van der Waals surface area (Å²) in [7, 11) is 0. The lowest BCUT2D eigenvalue weighted by molar-refractivity contribution is 0.208. The van der Waals surface area contributed by atoms with Gasteiger partial charge in [-0.1, -0.05) is 11.3 Å². The highest BCUT2D eigenvalue weighted by atomic mass is 32.1. The zero-order chi connectivity index (χ0) is 11.7. The van der Waals surface area contributed by atoms with Crippen LogP contribution < -0.4 is 11.3 Å². The smallest absolute Gasteiger partial charge is 0.219 e. The summed E-state index contributed by atoms with van der Waals surface area (Å²) in [5, 5.41) is 17.5. The van der Waals surface area contributed by atoms with Gasteiger partial charge in [0.2, 0.25) is 5.13 Å². The van der Waals surface area contributed by atoms with Crippen LogP contribution in [0.25, 0.3) is 0 Å². The van der Waals surface area contributed by atoms with Crippen LogP contribution >= 0.6 is 11.3 Å². The lowest BCUT2D eigenvalue weighted by Gasteiger charge is -2.25. The number of nitrogens with one attached hydrogen (secondary N) is 1. The molecule has 0 atom stereocenters. The number of fused-ring (bicyclic) bond motifs is 1. The molecule has 0 aliphatic carbocycles. The molecule has 0 aromatic carbocycles. The number of nitrogens with two attached hydrogens (primary N) is 1. The van der Waals surface area contributed by atoms with E-state index in [1.54, 1.807) is 6.33 Å². The topological polar surface area (TPSA) is 97.8 Å². The first kappa shape index (κ1) is 10.6. The van der Waals surface area contributed by atoms with E-state index in [1.165, 1.54) is 11.3 Å². The number of nitrogen functional groups attached to an aromatic ring is 1. The van der Waals surface area contributed by atoms with Crippen LogP contribution in [0.1, 0.15) is 10.8 Å². The molecule has 1 aliphatic rings. The molecule has 0 radical (unpaired) electrons. The third-order valence-corrected chi connectivity index (χ3v) is 3.51. The van der Waals surface area contributed by atoms with Crippen LogP contribution in [-0.2, 0) is 19.6 Å². The Morgan fingerprint density at radius 3 is 3.12 bits per heavy atom. The molecule has 0 bridgehead atoms. The summed E-state index contributed by atoms with van der Waals surface area (Å²) in [6.07, 6.45) is 1.77. The third kappa shape index (κ3) is 2.12. The van der Waals surface area contributed by atoms with Crippen LogP contribution in [0.2, 0.25) is 0 Å². The summed E-state index contributed by atoms with van der Waals surface area (Å²) >= 11 is 1.47. The van der Waals surface area contributed by atoms with E-state index >= 15 is 0 Å². The molecular weight excluding hydrogens is 240 g/mol. The Kier molecular flexibility index (Phi) is 2.71. The molecule has 0 spiro atoms. The summed E-state index contributed by atoms with van der Waals surface area (Å²) in [4.78, 5) is 2.27. The summed E-state index contributed by atoms with van der Waals surface area (Å²) in [6, 6.07) is 0. The largest absolute Gasteiger partial charge is 0.315 e. The van der Waals surface area contributed by atoms with Gasteiger partial charge in [-0.25, -0.2) is 5.84 Å². The van der Waals surface area contributed by atoms with Crippen molar-refractivity contribution < 1.29 is 0 Å². The van der Waals surface area contributed by atoms with Crippen molar-refractivity contribution in [3.8, 4) is 0 Å². The normalized spacial score (nSPS) is 15.8. The van der Waals surface area contributed by atoms with Crippen molar-refractivity contribution in [1.82, 2.24) is 29.9 Å². The van der Waals surface area contributed by atoms with Gasteiger partial charge in [0.05, 0.1) is 13.1 Å². The standard InChI is InChI=1S/C8H12N8S/c9-11-8-14-13-7(17-8)4-15-1-2-16-5-10-12-6(16)3-15/h5H,1-4,9H2,(H,11,14). The van der Waals surface area contributed by atoms with Gasteiger partial charge in [-0.05, 0) is 0 Å². The Morgan fingerprint density at radius 1 is 1.35 bits per heavy atom. The number of anilines is 1. The van der Waals surface area contributed by atoms with Crippen molar-refractivity contribution in [1.29, 1.82) is 0 Å². The van der Waals surface area contributed by atoms with Crippen LogP contribution in [0.15, 0.2) is 6.33 Å². The number of aromatic nitrogens is 5. The van der Waals surface area contributed by atoms with Crippen LogP contribution in [-0.4, -0.2) is 36.4 Å². The first-order valence-electron chi connectivity index (χ1n) is 5.23. The molecule has 0 fully saturated rings. The molecule has 2 aromatic heterocycles. The molecular formula is C8H12N8S. The van der Waals surface area contributed by atoms with Crippen molar-refractivity contribution in [2.75, 3.05) is 12.0 Å². The van der Waals surface area contributed by atoms with Crippen molar-refractivity contribution in [3.63, 3.8) is 0 Å². The Bertz CT molecular complexity index is 505. The van der Waals surface area contributed by atoms with Crippen molar-refractivity contribution in [2.45, 2.75) is 19.6 Å². The maximum absolute atomic E-state index is 5.27. The lowest BCUT2D eigenvalue weighted by Crippen LogP contribution is -2.33. The van der Waals surface area contributed by atoms with E-state index in [1.807, 2.05) is 0 Å². The molecule has 0 unspecified atom stereocenters. The van der Waals surface area contributed by atoms with Gasteiger partial charge in [0.25, 0.3) is 0 Å². The molecule has 8 nitrogen and oxygen atoms in total. The van der Waals surface area contributed by atoms with E-state index in [9.17, 15) is 0 Å². The van der Waals surface area contributed by atoms with Crippen molar-refractivity contribution in [3.05, 3.63) is 17.2 Å². The zero-order valence-electron chi connectivity index (χ0n) is 9.07. The van der Waals surface area contributed by atoms with Gasteiger partial charge < -0.3 is 4.57 Å². The Morgan fingerprint density at radius 2 is 2.29 bits per heavy atom. The van der Waals surface area contributed by atoms with Gasteiger partial charge in [-0.3, -0.25) is 10.3 Å². The monoisotopic (exact) mass is 252 g/mol. The van der Waals surface area contributed by atoms with E-state index in [2.05, 4.69) is 35.3 Å². The average Bonchev–Trinajstić information content (AvgIpc) is 2.96. The first-order chi connectivity index (χ1) is 8.35. The molecule has 0 saturated carbocycles. The van der Waals surface area contributed by atoms with Gasteiger partial charge in [-0.2, -0.15) is 0 Å².